The molecule has 0 aliphatic rings. The molecule has 21 heavy (non-hydrogen) atoms. The maximum Gasteiger partial charge on any atom is 0.328 e. The van der Waals surface area contributed by atoms with E-state index in [4.69, 9.17) is 0 Å². The van der Waals surface area contributed by atoms with E-state index in [1.54, 1.807) is 24.3 Å². The summed E-state index contributed by atoms with van der Waals surface area (Å²) in [6.07, 6.45) is 0.124. The summed E-state index contributed by atoms with van der Waals surface area (Å²) in [5, 5.41) is 2.55. The quantitative estimate of drug-likeness (QED) is 0.783. The largest absolute Gasteiger partial charge is 0.469 e. The van der Waals surface area contributed by atoms with Gasteiger partial charge >= 0.3 is 11.9 Å². The summed E-state index contributed by atoms with van der Waals surface area (Å²) in [6, 6.07) is 5.78. The zero-order valence-electron chi connectivity index (χ0n) is 11.7. The summed E-state index contributed by atoms with van der Waals surface area (Å²) in [5.41, 5.74) is 0.408. The monoisotopic (exact) mass is 357 g/mol. The minimum Gasteiger partial charge on any atom is -0.469 e. The van der Waals surface area contributed by atoms with Gasteiger partial charge in [0, 0.05) is 16.5 Å². The maximum absolute atomic E-state index is 12.1. The summed E-state index contributed by atoms with van der Waals surface area (Å²) in [7, 11) is 2.48. The number of carbonyl (C=O) groups excluding carboxylic acids is 3. The van der Waals surface area contributed by atoms with Crippen molar-refractivity contribution in [3.8, 4) is 0 Å². The second kappa shape index (κ2) is 8.41. The molecule has 0 aliphatic heterocycles. The van der Waals surface area contributed by atoms with E-state index in [0.717, 1.165) is 4.47 Å². The summed E-state index contributed by atoms with van der Waals surface area (Å²) < 4.78 is 9.97. The minimum absolute atomic E-state index is 0.0108. The summed E-state index contributed by atoms with van der Waals surface area (Å²) in [5.74, 6) is -1.48. The highest BCUT2D eigenvalue weighted by atomic mass is 79.9. The predicted molar refractivity (Wildman–Crippen MR) is 78.7 cm³/mol. The molecule has 1 rings (SSSR count). The first kappa shape index (κ1) is 17.2. The Kier molecular flexibility index (Phi) is 6.87. The van der Waals surface area contributed by atoms with Crippen LogP contribution in [0.5, 0.6) is 0 Å². The number of rotatable bonds is 6. The van der Waals surface area contributed by atoms with Gasteiger partial charge < -0.3 is 14.8 Å². The van der Waals surface area contributed by atoms with Crippen molar-refractivity contribution in [1.82, 2.24) is 5.32 Å². The standard InChI is InChI=1S/C14H16BrNO5/c1-20-12(17)8-7-11(14(19)21-2)16-13(18)9-3-5-10(15)6-4-9/h3-6,11H,7-8H2,1-2H3,(H,16,18)/t11-/m0/s1. The van der Waals surface area contributed by atoms with Crippen molar-refractivity contribution in [2.75, 3.05) is 14.2 Å². The highest BCUT2D eigenvalue weighted by Crippen LogP contribution is 2.11. The smallest absolute Gasteiger partial charge is 0.328 e. The Bertz CT molecular complexity index is 515. The molecule has 1 atom stereocenters. The van der Waals surface area contributed by atoms with Crippen LogP contribution in [0.15, 0.2) is 28.7 Å². The van der Waals surface area contributed by atoms with Gasteiger partial charge in [-0.05, 0) is 30.7 Å². The first-order chi connectivity index (χ1) is 9.97. The zero-order chi connectivity index (χ0) is 15.8. The van der Waals surface area contributed by atoms with Gasteiger partial charge in [-0.15, -0.1) is 0 Å². The van der Waals surface area contributed by atoms with Crippen LogP contribution in [0, 0.1) is 0 Å². The predicted octanol–water partition coefficient (Wildman–Crippen LogP) is 1.67. The molecule has 0 unspecified atom stereocenters. The molecule has 1 aromatic carbocycles. The topological polar surface area (TPSA) is 81.7 Å². The summed E-state index contributed by atoms with van der Waals surface area (Å²) in [4.78, 5) is 34.8. The zero-order valence-corrected chi connectivity index (χ0v) is 13.3. The Balaban J connectivity index is 2.71. The van der Waals surface area contributed by atoms with Crippen LogP contribution in [0.4, 0.5) is 0 Å². The van der Waals surface area contributed by atoms with Gasteiger partial charge in [-0.2, -0.15) is 0 Å². The molecule has 1 amide bonds. The number of hydrogen-bond donors (Lipinski definition) is 1. The van der Waals surface area contributed by atoms with Crippen molar-refractivity contribution in [2.24, 2.45) is 0 Å². The third-order valence-electron chi connectivity index (χ3n) is 2.76. The molecule has 0 fully saturated rings. The van der Waals surface area contributed by atoms with Gasteiger partial charge in [0.15, 0.2) is 0 Å². The third-order valence-corrected chi connectivity index (χ3v) is 3.29. The first-order valence-electron chi connectivity index (χ1n) is 6.19. The van der Waals surface area contributed by atoms with Gasteiger partial charge in [-0.1, -0.05) is 15.9 Å². The van der Waals surface area contributed by atoms with Crippen LogP contribution in [0.1, 0.15) is 23.2 Å². The lowest BCUT2D eigenvalue weighted by molar-refractivity contribution is -0.144. The van der Waals surface area contributed by atoms with Crippen LogP contribution in [0.2, 0.25) is 0 Å². The third kappa shape index (κ3) is 5.55. The highest BCUT2D eigenvalue weighted by molar-refractivity contribution is 9.10. The number of halogens is 1. The molecule has 7 heteroatoms. The van der Waals surface area contributed by atoms with E-state index in [9.17, 15) is 14.4 Å². The SMILES string of the molecule is COC(=O)CC[C@H](NC(=O)c1ccc(Br)cc1)C(=O)OC. The van der Waals surface area contributed by atoms with Crippen LogP contribution < -0.4 is 5.32 Å². The van der Waals surface area contributed by atoms with Crippen molar-refractivity contribution in [2.45, 2.75) is 18.9 Å². The van der Waals surface area contributed by atoms with E-state index in [2.05, 4.69) is 30.7 Å². The van der Waals surface area contributed by atoms with Gasteiger partial charge in [0.25, 0.3) is 5.91 Å². The molecule has 1 aromatic rings. The lowest BCUT2D eigenvalue weighted by atomic mass is 10.1. The normalized spacial score (nSPS) is 11.4. The molecule has 1 N–H and O–H groups in total. The average molecular weight is 358 g/mol. The average Bonchev–Trinajstić information content (AvgIpc) is 2.50. The lowest BCUT2D eigenvalue weighted by Gasteiger charge is -2.16. The number of carbonyl (C=O) groups is 3. The number of amides is 1. The van der Waals surface area contributed by atoms with Crippen molar-refractivity contribution in [3.05, 3.63) is 34.3 Å². The minimum atomic E-state index is -0.898. The molecule has 6 nitrogen and oxygen atoms in total. The first-order valence-corrected chi connectivity index (χ1v) is 6.98. The number of benzene rings is 1. The van der Waals surface area contributed by atoms with E-state index in [-0.39, 0.29) is 12.8 Å². The molecule has 0 bridgehead atoms. The van der Waals surface area contributed by atoms with Crippen LogP contribution >= 0.6 is 15.9 Å². The van der Waals surface area contributed by atoms with Gasteiger partial charge in [-0.25, -0.2) is 4.79 Å². The van der Waals surface area contributed by atoms with Crippen molar-refractivity contribution < 1.29 is 23.9 Å². The maximum atomic E-state index is 12.1. The van der Waals surface area contributed by atoms with E-state index in [0.29, 0.717) is 5.56 Å². The lowest BCUT2D eigenvalue weighted by Crippen LogP contribution is -2.41. The summed E-state index contributed by atoms with van der Waals surface area (Å²) in [6.45, 7) is 0. The summed E-state index contributed by atoms with van der Waals surface area (Å²) >= 11 is 3.27. The fourth-order valence-corrected chi connectivity index (χ4v) is 1.86. The molecule has 0 saturated heterocycles. The van der Waals surface area contributed by atoms with Crippen LogP contribution in [-0.2, 0) is 19.1 Å². The van der Waals surface area contributed by atoms with E-state index in [1.165, 1.54) is 14.2 Å². The molecular weight excluding hydrogens is 342 g/mol. The Labute approximate surface area is 130 Å². The second-order valence-corrected chi connectivity index (χ2v) is 5.09. The van der Waals surface area contributed by atoms with E-state index >= 15 is 0 Å². The molecule has 0 aromatic heterocycles. The molecule has 0 saturated carbocycles. The molecule has 0 aliphatic carbocycles. The molecule has 114 valence electrons. The van der Waals surface area contributed by atoms with Gasteiger partial charge in [-0.3, -0.25) is 9.59 Å². The van der Waals surface area contributed by atoms with Crippen LogP contribution in [0.25, 0.3) is 0 Å². The van der Waals surface area contributed by atoms with Crippen molar-refractivity contribution in [3.63, 3.8) is 0 Å². The Hall–Kier alpha value is -1.89. The van der Waals surface area contributed by atoms with E-state index in [1.807, 2.05) is 0 Å². The number of hydrogen-bond acceptors (Lipinski definition) is 5. The number of ether oxygens (including phenoxy) is 2. The van der Waals surface area contributed by atoms with Gasteiger partial charge in [0.05, 0.1) is 14.2 Å². The second-order valence-electron chi connectivity index (χ2n) is 4.17. The Morgan fingerprint density at radius 3 is 2.29 bits per heavy atom. The Morgan fingerprint density at radius 1 is 1.14 bits per heavy atom. The van der Waals surface area contributed by atoms with Crippen LogP contribution in [0.3, 0.4) is 0 Å². The molecular formula is C14H16BrNO5. The number of nitrogens with one attached hydrogen (secondary N) is 1. The number of esters is 2. The van der Waals surface area contributed by atoms with Gasteiger partial charge in [0.2, 0.25) is 0 Å². The fraction of sp³-hybridized carbons (Fsp3) is 0.357. The van der Waals surface area contributed by atoms with E-state index < -0.39 is 23.9 Å². The Morgan fingerprint density at radius 2 is 1.76 bits per heavy atom. The van der Waals surface area contributed by atoms with Crippen molar-refractivity contribution >= 4 is 33.8 Å². The molecule has 0 spiro atoms. The van der Waals surface area contributed by atoms with Gasteiger partial charge in [0.1, 0.15) is 6.04 Å². The van der Waals surface area contributed by atoms with Crippen molar-refractivity contribution in [1.29, 1.82) is 0 Å². The number of methoxy groups -OCH3 is 2. The molecule has 0 heterocycles. The highest BCUT2D eigenvalue weighted by Gasteiger charge is 2.23. The fourth-order valence-electron chi connectivity index (χ4n) is 1.60. The van der Waals surface area contributed by atoms with Crippen LogP contribution in [-0.4, -0.2) is 38.1 Å². The molecule has 0 radical (unpaired) electrons.